The molecule has 3 aromatic rings. The zero-order valence-corrected chi connectivity index (χ0v) is 24.6. The van der Waals surface area contributed by atoms with Gasteiger partial charge in [0.25, 0.3) is 5.91 Å². The zero-order chi connectivity index (χ0) is 29.7. The predicted octanol–water partition coefficient (Wildman–Crippen LogP) is 3.29. The van der Waals surface area contributed by atoms with Crippen molar-refractivity contribution in [3.05, 3.63) is 71.9 Å². The smallest absolute Gasteiger partial charge is 0.274 e. The van der Waals surface area contributed by atoms with Gasteiger partial charge in [0, 0.05) is 38.1 Å². The summed E-state index contributed by atoms with van der Waals surface area (Å²) >= 11 is 0. The maximum absolute atomic E-state index is 13.9. The third kappa shape index (κ3) is 7.30. The van der Waals surface area contributed by atoms with Gasteiger partial charge >= 0.3 is 0 Å². The first-order valence-electron chi connectivity index (χ1n) is 14.2. The van der Waals surface area contributed by atoms with Crippen molar-refractivity contribution in [3.63, 3.8) is 0 Å². The number of halogens is 1. The van der Waals surface area contributed by atoms with E-state index in [1.54, 1.807) is 41.6 Å². The summed E-state index contributed by atoms with van der Waals surface area (Å²) in [5.74, 6) is -0.912. The van der Waals surface area contributed by atoms with Gasteiger partial charge in [0.15, 0.2) is 0 Å². The Bertz CT molecular complexity index is 1330. The maximum atomic E-state index is 13.9. The summed E-state index contributed by atoms with van der Waals surface area (Å²) in [7, 11) is 1.70. The molecule has 0 saturated carbocycles. The SMILES string of the molecule is CN[C@@H](C)C(=O)N[C@H](C(=O)N1CCC[C@H]1CN(CCc1ccc(F)cc1)C(=O)c1cn2ccccc2n1)C(C)(C)C. The first kappa shape index (κ1) is 30.2. The minimum absolute atomic E-state index is 0.143. The van der Waals surface area contributed by atoms with Crippen LogP contribution >= 0.6 is 0 Å². The van der Waals surface area contributed by atoms with Gasteiger partial charge in [-0.1, -0.05) is 39.0 Å². The van der Waals surface area contributed by atoms with Gasteiger partial charge < -0.3 is 24.8 Å². The van der Waals surface area contributed by atoms with Crippen molar-refractivity contribution in [2.75, 3.05) is 26.7 Å². The maximum Gasteiger partial charge on any atom is 0.274 e. The molecule has 0 aliphatic carbocycles. The number of nitrogens with zero attached hydrogens (tertiary/aromatic N) is 4. The number of likely N-dealkylation sites (N-methyl/N-ethyl adjacent to an activating group) is 1. The molecule has 0 bridgehead atoms. The minimum Gasteiger partial charge on any atom is -0.342 e. The van der Waals surface area contributed by atoms with E-state index in [2.05, 4.69) is 15.6 Å². The topological polar surface area (TPSA) is 99.0 Å². The number of rotatable bonds is 10. The number of benzene rings is 1. The molecule has 1 aliphatic rings. The minimum atomic E-state index is -0.715. The summed E-state index contributed by atoms with van der Waals surface area (Å²) in [5, 5.41) is 5.88. The molecule has 1 saturated heterocycles. The number of pyridine rings is 1. The van der Waals surface area contributed by atoms with Gasteiger partial charge in [-0.2, -0.15) is 0 Å². The molecule has 41 heavy (non-hydrogen) atoms. The molecule has 10 heteroatoms. The number of hydrogen-bond donors (Lipinski definition) is 2. The number of nitrogens with one attached hydrogen (secondary N) is 2. The highest BCUT2D eigenvalue weighted by molar-refractivity contribution is 5.93. The molecule has 0 spiro atoms. The highest BCUT2D eigenvalue weighted by atomic mass is 19.1. The molecule has 3 atom stereocenters. The van der Waals surface area contributed by atoms with Gasteiger partial charge in [-0.15, -0.1) is 0 Å². The first-order valence-corrected chi connectivity index (χ1v) is 14.2. The Morgan fingerprint density at radius 1 is 1.15 bits per heavy atom. The first-order chi connectivity index (χ1) is 19.5. The lowest BCUT2D eigenvalue weighted by Gasteiger charge is -2.37. The second-order valence-electron chi connectivity index (χ2n) is 11.9. The number of imidazole rings is 1. The Balaban J connectivity index is 1.57. The van der Waals surface area contributed by atoms with Gasteiger partial charge in [0.2, 0.25) is 11.8 Å². The number of fused-ring (bicyclic) bond motifs is 1. The monoisotopic (exact) mass is 564 g/mol. The van der Waals surface area contributed by atoms with Gasteiger partial charge in [0.05, 0.1) is 6.04 Å². The number of likely N-dealkylation sites (tertiary alicyclic amines) is 1. The highest BCUT2D eigenvalue weighted by Gasteiger charge is 2.41. The van der Waals surface area contributed by atoms with E-state index in [1.807, 2.05) is 50.1 Å². The van der Waals surface area contributed by atoms with Crippen LogP contribution in [0.15, 0.2) is 54.9 Å². The van der Waals surface area contributed by atoms with E-state index < -0.39 is 17.5 Å². The van der Waals surface area contributed by atoms with Crippen LogP contribution in [0.5, 0.6) is 0 Å². The van der Waals surface area contributed by atoms with Crippen LogP contribution in [-0.2, 0) is 16.0 Å². The number of carbonyl (C=O) groups excluding carboxylic acids is 3. The molecule has 1 aliphatic heterocycles. The van der Waals surface area contributed by atoms with E-state index in [9.17, 15) is 18.8 Å². The van der Waals surface area contributed by atoms with Crippen LogP contribution in [0.4, 0.5) is 4.39 Å². The second-order valence-corrected chi connectivity index (χ2v) is 11.9. The van der Waals surface area contributed by atoms with Crippen LogP contribution < -0.4 is 10.6 Å². The summed E-state index contributed by atoms with van der Waals surface area (Å²) < 4.78 is 15.3. The van der Waals surface area contributed by atoms with E-state index >= 15 is 0 Å². The van der Waals surface area contributed by atoms with Crippen molar-refractivity contribution >= 4 is 23.4 Å². The second kappa shape index (κ2) is 12.8. The average Bonchev–Trinajstić information content (AvgIpc) is 3.60. The van der Waals surface area contributed by atoms with E-state index in [4.69, 9.17) is 0 Å². The molecule has 1 aromatic carbocycles. The van der Waals surface area contributed by atoms with Gasteiger partial charge in [-0.05, 0) is 68.5 Å². The van der Waals surface area contributed by atoms with Crippen LogP contribution in [0.2, 0.25) is 0 Å². The fourth-order valence-corrected chi connectivity index (χ4v) is 5.17. The molecule has 2 aromatic heterocycles. The number of amides is 3. The van der Waals surface area contributed by atoms with E-state index in [1.165, 1.54) is 12.1 Å². The Morgan fingerprint density at radius 3 is 2.54 bits per heavy atom. The van der Waals surface area contributed by atoms with Crippen molar-refractivity contribution < 1.29 is 18.8 Å². The Kier molecular flexibility index (Phi) is 9.42. The molecule has 0 unspecified atom stereocenters. The van der Waals surface area contributed by atoms with Crippen molar-refractivity contribution in [1.29, 1.82) is 0 Å². The number of carbonyl (C=O) groups is 3. The molecule has 1 fully saturated rings. The van der Waals surface area contributed by atoms with Gasteiger partial charge in [-0.25, -0.2) is 9.37 Å². The van der Waals surface area contributed by atoms with E-state index in [-0.39, 0.29) is 29.6 Å². The summed E-state index contributed by atoms with van der Waals surface area (Å²) in [4.78, 5) is 48.6. The molecule has 3 amide bonds. The van der Waals surface area contributed by atoms with Crippen LogP contribution in [0.1, 0.15) is 56.6 Å². The van der Waals surface area contributed by atoms with Crippen LogP contribution in [0.3, 0.4) is 0 Å². The Morgan fingerprint density at radius 2 is 1.88 bits per heavy atom. The number of aromatic nitrogens is 2. The third-order valence-electron chi connectivity index (χ3n) is 7.77. The summed E-state index contributed by atoms with van der Waals surface area (Å²) in [6.45, 7) is 8.84. The lowest BCUT2D eigenvalue weighted by atomic mass is 9.85. The van der Waals surface area contributed by atoms with Crippen molar-refractivity contribution in [2.24, 2.45) is 5.41 Å². The largest absolute Gasteiger partial charge is 0.342 e. The molecular weight excluding hydrogens is 523 g/mol. The van der Waals surface area contributed by atoms with Gasteiger partial charge in [-0.3, -0.25) is 14.4 Å². The molecule has 3 heterocycles. The summed E-state index contributed by atoms with van der Waals surface area (Å²) in [5.41, 5.74) is 1.40. The molecular formula is C31H41FN6O3. The van der Waals surface area contributed by atoms with E-state index in [0.29, 0.717) is 37.4 Å². The molecule has 2 N–H and O–H groups in total. The summed E-state index contributed by atoms with van der Waals surface area (Å²) in [6.07, 6.45) is 5.64. The van der Waals surface area contributed by atoms with Crippen molar-refractivity contribution in [2.45, 2.75) is 65.1 Å². The van der Waals surface area contributed by atoms with Crippen molar-refractivity contribution in [3.8, 4) is 0 Å². The van der Waals surface area contributed by atoms with Crippen LogP contribution in [0.25, 0.3) is 5.65 Å². The van der Waals surface area contributed by atoms with Gasteiger partial charge in [0.1, 0.15) is 23.2 Å². The Hall–Kier alpha value is -3.79. The van der Waals surface area contributed by atoms with Crippen molar-refractivity contribution in [1.82, 2.24) is 29.8 Å². The van der Waals surface area contributed by atoms with E-state index in [0.717, 1.165) is 18.4 Å². The quantitative estimate of drug-likeness (QED) is 0.394. The summed E-state index contributed by atoms with van der Waals surface area (Å²) in [6, 6.07) is 10.5. The normalized spacial score (nSPS) is 16.9. The van der Waals surface area contributed by atoms with Crippen LogP contribution in [0, 0.1) is 11.2 Å². The lowest BCUT2D eigenvalue weighted by molar-refractivity contribution is -0.140. The fraction of sp³-hybridized carbons (Fsp3) is 0.484. The fourth-order valence-electron chi connectivity index (χ4n) is 5.17. The number of hydrogen-bond acceptors (Lipinski definition) is 5. The molecule has 0 radical (unpaired) electrons. The molecule has 220 valence electrons. The average molecular weight is 565 g/mol. The predicted molar refractivity (Wildman–Crippen MR) is 156 cm³/mol. The molecule has 9 nitrogen and oxygen atoms in total. The third-order valence-corrected chi connectivity index (χ3v) is 7.77. The van der Waals surface area contributed by atoms with Crippen LogP contribution in [-0.4, -0.2) is 81.7 Å². The zero-order valence-electron chi connectivity index (χ0n) is 24.6. The standard InChI is InChI=1S/C31H41FN6O3/c1-21(33-5)28(39)35-27(31(2,3)4)30(41)38-17-8-9-24(38)19-37(18-15-22-11-13-23(32)14-12-22)29(40)25-20-36-16-7-6-10-26(36)34-25/h6-7,10-14,16,20-21,24,27,33H,8-9,15,17-19H2,1-5H3,(H,35,39)/t21-,24-,27+/m0/s1. The Labute approximate surface area is 241 Å². The molecule has 4 rings (SSSR count). The highest BCUT2D eigenvalue weighted by Crippen LogP contribution is 2.27. The lowest BCUT2D eigenvalue weighted by Crippen LogP contribution is -2.59.